The standard InChI is InChI=1S/C15H20N2O3S/c1-20-15-9-13(10-16)7-8-14(15)17-21(18,19)11-12-5-3-2-4-6-12/h7-9,12,17H,2-6,11H2,1H3. The molecule has 0 amide bonds. The second-order valence-corrected chi connectivity index (χ2v) is 7.18. The third-order valence-electron chi connectivity index (χ3n) is 3.78. The lowest BCUT2D eigenvalue weighted by atomic mass is 9.91. The van der Waals surface area contributed by atoms with E-state index >= 15 is 0 Å². The minimum Gasteiger partial charge on any atom is -0.495 e. The molecule has 1 aromatic carbocycles. The lowest BCUT2D eigenvalue weighted by Gasteiger charge is -2.22. The molecule has 1 aliphatic carbocycles. The molecule has 21 heavy (non-hydrogen) atoms. The number of methoxy groups -OCH3 is 1. The number of nitrogens with one attached hydrogen (secondary N) is 1. The summed E-state index contributed by atoms with van der Waals surface area (Å²) in [5, 5.41) is 8.85. The van der Waals surface area contributed by atoms with E-state index in [1.54, 1.807) is 12.1 Å². The van der Waals surface area contributed by atoms with Crippen LogP contribution in [0.15, 0.2) is 18.2 Å². The SMILES string of the molecule is COc1cc(C#N)ccc1NS(=O)(=O)CC1CCCCC1. The van der Waals surface area contributed by atoms with Crippen molar-refractivity contribution >= 4 is 15.7 Å². The summed E-state index contributed by atoms with van der Waals surface area (Å²) >= 11 is 0. The zero-order chi connectivity index (χ0) is 15.3. The van der Waals surface area contributed by atoms with Crippen molar-refractivity contribution < 1.29 is 13.2 Å². The van der Waals surface area contributed by atoms with Crippen molar-refractivity contribution in [1.29, 1.82) is 5.26 Å². The van der Waals surface area contributed by atoms with Crippen molar-refractivity contribution in [2.45, 2.75) is 32.1 Å². The molecule has 0 heterocycles. The average molecular weight is 308 g/mol. The van der Waals surface area contributed by atoms with Crippen LogP contribution in [0.5, 0.6) is 5.75 Å². The fourth-order valence-corrected chi connectivity index (χ4v) is 4.26. The predicted octanol–water partition coefficient (Wildman–Crippen LogP) is 2.89. The minimum atomic E-state index is -3.40. The molecule has 0 unspecified atom stereocenters. The highest BCUT2D eigenvalue weighted by molar-refractivity contribution is 7.92. The molecule has 6 heteroatoms. The van der Waals surface area contributed by atoms with Crippen LogP contribution in [0.1, 0.15) is 37.7 Å². The van der Waals surface area contributed by atoms with Crippen molar-refractivity contribution in [3.63, 3.8) is 0 Å². The zero-order valence-corrected chi connectivity index (χ0v) is 12.9. The Balaban J connectivity index is 2.10. The Hall–Kier alpha value is -1.74. The molecule has 0 aliphatic heterocycles. The van der Waals surface area contributed by atoms with Crippen molar-refractivity contribution in [2.24, 2.45) is 5.92 Å². The Kier molecular flexibility index (Phi) is 5.07. The van der Waals surface area contributed by atoms with E-state index < -0.39 is 10.0 Å². The molecule has 1 N–H and O–H groups in total. The van der Waals surface area contributed by atoms with Gasteiger partial charge in [0.1, 0.15) is 5.75 Å². The molecule has 0 radical (unpaired) electrons. The third-order valence-corrected chi connectivity index (χ3v) is 5.22. The summed E-state index contributed by atoms with van der Waals surface area (Å²) in [5.41, 5.74) is 0.814. The van der Waals surface area contributed by atoms with Crippen molar-refractivity contribution in [3.8, 4) is 11.8 Å². The van der Waals surface area contributed by atoms with Gasteiger partial charge in [-0.3, -0.25) is 4.72 Å². The van der Waals surface area contributed by atoms with Crippen molar-refractivity contribution in [1.82, 2.24) is 0 Å². The second-order valence-electron chi connectivity index (χ2n) is 5.41. The van der Waals surface area contributed by atoms with E-state index in [9.17, 15) is 8.42 Å². The Bertz CT molecular complexity index is 629. The molecular formula is C15H20N2O3S. The summed E-state index contributed by atoms with van der Waals surface area (Å²) in [6.07, 6.45) is 5.38. The Morgan fingerprint density at radius 1 is 1.33 bits per heavy atom. The number of hydrogen-bond donors (Lipinski definition) is 1. The van der Waals surface area contributed by atoms with Gasteiger partial charge < -0.3 is 4.74 Å². The molecular weight excluding hydrogens is 288 g/mol. The van der Waals surface area contributed by atoms with Crippen LogP contribution in [0.3, 0.4) is 0 Å². The quantitative estimate of drug-likeness (QED) is 0.907. The molecule has 0 spiro atoms. The van der Waals surface area contributed by atoms with Gasteiger partial charge in [0.2, 0.25) is 10.0 Å². The molecule has 1 aliphatic rings. The van der Waals surface area contributed by atoms with Crippen LogP contribution in [0, 0.1) is 17.2 Å². The van der Waals surface area contributed by atoms with Gasteiger partial charge in [0, 0.05) is 6.07 Å². The van der Waals surface area contributed by atoms with Gasteiger partial charge in [-0.25, -0.2) is 8.42 Å². The van der Waals surface area contributed by atoms with E-state index in [2.05, 4.69) is 4.72 Å². The Morgan fingerprint density at radius 3 is 2.67 bits per heavy atom. The van der Waals surface area contributed by atoms with Crippen LogP contribution in [0.2, 0.25) is 0 Å². The van der Waals surface area contributed by atoms with Crippen molar-refractivity contribution in [2.75, 3.05) is 17.6 Å². The summed E-state index contributed by atoms with van der Waals surface area (Å²) in [7, 11) is -1.95. The summed E-state index contributed by atoms with van der Waals surface area (Å²) < 4.78 is 32.2. The first-order valence-corrected chi connectivity index (χ1v) is 8.78. The number of anilines is 1. The first-order valence-electron chi connectivity index (χ1n) is 7.12. The molecule has 0 saturated heterocycles. The summed E-state index contributed by atoms with van der Waals surface area (Å²) in [4.78, 5) is 0. The smallest absolute Gasteiger partial charge is 0.233 e. The van der Waals surface area contributed by atoms with Crippen molar-refractivity contribution in [3.05, 3.63) is 23.8 Å². The van der Waals surface area contributed by atoms with Gasteiger partial charge in [-0.15, -0.1) is 0 Å². The lowest BCUT2D eigenvalue weighted by molar-refractivity contribution is 0.385. The van der Waals surface area contributed by atoms with E-state index in [0.29, 0.717) is 17.0 Å². The summed E-state index contributed by atoms with van der Waals surface area (Å²) in [6, 6.07) is 6.66. The van der Waals surface area contributed by atoms with E-state index in [1.807, 2.05) is 6.07 Å². The van der Waals surface area contributed by atoms with Gasteiger partial charge in [0.25, 0.3) is 0 Å². The molecule has 0 aromatic heterocycles. The maximum atomic E-state index is 12.3. The average Bonchev–Trinajstić information content (AvgIpc) is 2.47. The fourth-order valence-electron chi connectivity index (χ4n) is 2.72. The monoisotopic (exact) mass is 308 g/mol. The van der Waals surface area contributed by atoms with Gasteiger partial charge in [-0.05, 0) is 30.9 Å². The van der Waals surface area contributed by atoms with Gasteiger partial charge >= 0.3 is 0 Å². The van der Waals surface area contributed by atoms with E-state index in [0.717, 1.165) is 25.7 Å². The van der Waals surface area contributed by atoms with Crippen LogP contribution in [0.4, 0.5) is 5.69 Å². The minimum absolute atomic E-state index is 0.149. The highest BCUT2D eigenvalue weighted by atomic mass is 32.2. The van der Waals surface area contributed by atoms with Gasteiger partial charge in [0.05, 0.1) is 30.2 Å². The number of nitriles is 1. The summed E-state index contributed by atoms with van der Waals surface area (Å²) in [6.45, 7) is 0. The molecule has 5 nitrogen and oxygen atoms in total. The maximum Gasteiger partial charge on any atom is 0.233 e. The van der Waals surface area contributed by atoms with Crippen LogP contribution < -0.4 is 9.46 Å². The number of nitrogens with zero attached hydrogens (tertiary/aromatic N) is 1. The maximum absolute atomic E-state index is 12.3. The first-order chi connectivity index (χ1) is 10.0. The van der Waals surface area contributed by atoms with E-state index in [-0.39, 0.29) is 11.7 Å². The fraction of sp³-hybridized carbons (Fsp3) is 0.533. The number of sulfonamides is 1. The molecule has 2 rings (SSSR count). The molecule has 1 fully saturated rings. The van der Waals surface area contributed by atoms with Gasteiger partial charge in [-0.1, -0.05) is 19.3 Å². The number of rotatable bonds is 5. The van der Waals surface area contributed by atoms with E-state index in [4.69, 9.17) is 10.00 Å². The van der Waals surface area contributed by atoms with Crippen LogP contribution in [0.25, 0.3) is 0 Å². The Labute approximate surface area is 126 Å². The predicted molar refractivity (Wildman–Crippen MR) is 81.7 cm³/mol. The molecule has 1 aromatic rings. The molecule has 114 valence electrons. The van der Waals surface area contributed by atoms with Gasteiger partial charge in [0.15, 0.2) is 0 Å². The van der Waals surface area contributed by atoms with Crippen LogP contribution in [-0.2, 0) is 10.0 Å². The highest BCUT2D eigenvalue weighted by Crippen LogP contribution is 2.29. The molecule has 0 atom stereocenters. The highest BCUT2D eigenvalue weighted by Gasteiger charge is 2.22. The third kappa shape index (κ3) is 4.36. The number of hydrogen-bond acceptors (Lipinski definition) is 4. The Morgan fingerprint density at radius 2 is 2.05 bits per heavy atom. The number of benzene rings is 1. The second kappa shape index (κ2) is 6.81. The first kappa shape index (κ1) is 15.6. The molecule has 1 saturated carbocycles. The normalized spacial score (nSPS) is 16.2. The zero-order valence-electron chi connectivity index (χ0n) is 12.1. The topological polar surface area (TPSA) is 79.2 Å². The van der Waals surface area contributed by atoms with E-state index in [1.165, 1.54) is 19.6 Å². The number of ether oxygens (including phenoxy) is 1. The van der Waals surface area contributed by atoms with Crippen LogP contribution in [-0.4, -0.2) is 21.3 Å². The summed E-state index contributed by atoms with van der Waals surface area (Å²) in [5.74, 6) is 0.748. The lowest BCUT2D eigenvalue weighted by Crippen LogP contribution is -2.24. The van der Waals surface area contributed by atoms with Gasteiger partial charge in [-0.2, -0.15) is 5.26 Å². The largest absolute Gasteiger partial charge is 0.495 e. The molecule has 0 bridgehead atoms. The van der Waals surface area contributed by atoms with Crippen LogP contribution >= 0.6 is 0 Å².